The second-order valence-corrected chi connectivity index (χ2v) is 9.49. The molecular weight excluding hydrogens is 553 g/mol. The highest BCUT2D eigenvalue weighted by Gasteiger charge is 2.30. The van der Waals surface area contributed by atoms with Gasteiger partial charge in [0.25, 0.3) is 11.8 Å². The van der Waals surface area contributed by atoms with Crippen LogP contribution >= 0.6 is 34.8 Å². The molecule has 1 unspecified atom stereocenters. The van der Waals surface area contributed by atoms with Crippen LogP contribution in [0.25, 0.3) is 0 Å². The Morgan fingerprint density at radius 1 is 1.03 bits per heavy atom. The number of Topliss-reactive ketones (excluding diaryl/α,β-unsaturated/α-hetero) is 1. The summed E-state index contributed by atoms with van der Waals surface area (Å²) in [4.78, 5) is 43.2. The van der Waals surface area contributed by atoms with Gasteiger partial charge in [0.1, 0.15) is 12.4 Å². The molecule has 3 aromatic rings. The number of halogens is 3. The number of benzodiazepines with no additional fused rings is 1. The molecule has 1 atom stereocenters. The molecule has 8 nitrogen and oxygen atoms in total. The van der Waals surface area contributed by atoms with E-state index < -0.39 is 18.0 Å². The largest absolute Gasteiger partial charge is 0.490 e. The number of anilines is 1. The first-order valence-electron chi connectivity index (χ1n) is 11.4. The molecule has 196 valence electrons. The zero-order valence-corrected chi connectivity index (χ0v) is 22.6. The first kappa shape index (κ1) is 27.6. The van der Waals surface area contributed by atoms with Crippen molar-refractivity contribution in [2.75, 3.05) is 25.6 Å². The zero-order chi connectivity index (χ0) is 27.4. The van der Waals surface area contributed by atoms with Crippen molar-refractivity contribution in [2.24, 2.45) is 4.99 Å². The smallest absolute Gasteiger partial charge is 0.269 e. The number of amides is 2. The summed E-state index contributed by atoms with van der Waals surface area (Å²) in [6.07, 6.45) is -1.37. The van der Waals surface area contributed by atoms with Gasteiger partial charge in [-0.15, -0.1) is 0 Å². The quantitative estimate of drug-likeness (QED) is 0.276. The Morgan fingerprint density at radius 2 is 1.74 bits per heavy atom. The van der Waals surface area contributed by atoms with Crippen LogP contribution in [0.3, 0.4) is 0 Å². The fourth-order valence-corrected chi connectivity index (χ4v) is 4.81. The monoisotopic (exact) mass is 573 g/mol. The predicted molar refractivity (Wildman–Crippen MR) is 147 cm³/mol. The van der Waals surface area contributed by atoms with Crippen LogP contribution in [-0.4, -0.2) is 49.8 Å². The number of ketones is 1. The van der Waals surface area contributed by atoms with Crippen LogP contribution in [0.1, 0.15) is 38.8 Å². The van der Waals surface area contributed by atoms with Crippen LogP contribution in [-0.2, 0) is 9.53 Å². The van der Waals surface area contributed by atoms with Crippen LogP contribution in [0.4, 0.5) is 5.69 Å². The molecule has 0 fully saturated rings. The lowest BCUT2D eigenvalue weighted by molar-refractivity contribution is -0.117. The van der Waals surface area contributed by atoms with Gasteiger partial charge < -0.3 is 20.1 Å². The molecule has 1 aliphatic heterocycles. The van der Waals surface area contributed by atoms with Crippen molar-refractivity contribution in [3.8, 4) is 5.75 Å². The molecule has 0 aliphatic carbocycles. The van der Waals surface area contributed by atoms with Crippen molar-refractivity contribution >= 4 is 63.8 Å². The average molecular weight is 575 g/mol. The minimum Gasteiger partial charge on any atom is -0.490 e. The summed E-state index contributed by atoms with van der Waals surface area (Å²) in [5, 5.41) is 6.19. The number of aliphatic imine (C=N–C) groups is 1. The van der Waals surface area contributed by atoms with Crippen LogP contribution in [0, 0.1) is 0 Å². The lowest BCUT2D eigenvalue weighted by Gasteiger charge is -2.17. The van der Waals surface area contributed by atoms with E-state index in [1.165, 1.54) is 38.3 Å². The molecule has 0 radical (unpaired) electrons. The Hall–Kier alpha value is -3.43. The lowest BCUT2D eigenvalue weighted by Crippen LogP contribution is -2.42. The van der Waals surface area contributed by atoms with Crippen molar-refractivity contribution in [3.05, 3.63) is 91.9 Å². The first-order valence-corrected chi connectivity index (χ1v) is 12.5. The highest BCUT2D eigenvalue weighted by molar-refractivity contribution is 6.44. The van der Waals surface area contributed by atoms with Crippen LogP contribution < -0.4 is 15.4 Å². The number of fused-ring (bicyclic) bond motifs is 1. The van der Waals surface area contributed by atoms with Gasteiger partial charge in [0.2, 0.25) is 6.17 Å². The lowest BCUT2D eigenvalue weighted by atomic mass is 10.0. The van der Waals surface area contributed by atoms with Gasteiger partial charge in [-0.05, 0) is 43.3 Å². The van der Waals surface area contributed by atoms with E-state index in [-0.39, 0.29) is 46.1 Å². The molecule has 38 heavy (non-hydrogen) atoms. The van der Waals surface area contributed by atoms with Crippen LogP contribution in [0.5, 0.6) is 5.75 Å². The minimum absolute atomic E-state index is 0.0580. The Labute approximate surface area is 233 Å². The second-order valence-electron chi connectivity index (χ2n) is 8.24. The summed E-state index contributed by atoms with van der Waals surface area (Å²) >= 11 is 19.1. The number of benzene rings is 3. The molecule has 3 aromatic carbocycles. The first-order chi connectivity index (χ1) is 18.2. The van der Waals surface area contributed by atoms with Crippen molar-refractivity contribution < 1.29 is 23.9 Å². The fourth-order valence-electron chi connectivity index (χ4n) is 3.81. The van der Waals surface area contributed by atoms with Gasteiger partial charge in [-0.25, -0.2) is 4.99 Å². The highest BCUT2D eigenvalue weighted by atomic mass is 35.5. The summed E-state index contributed by atoms with van der Waals surface area (Å²) in [7, 11) is 1.52. The minimum atomic E-state index is -1.37. The normalized spacial score (nSPS) is 14.6. The predicted octanol–water partition coefficient (Wildman–Crippen LogP) is 5.42. The van der Waals surface area contributed by atoms with Gasteiger partial charge in [-0.1, -0.05) is 53.0 Å². The van der Waals surface area contributed by atoms with Crippen molar-refractivity contribution in [3.63, 3.8) is 0 Å². The SMILES string of the molecule is COCCOc1ccc(C(C)=O)cc1C(=O)NC1N=C(c2c(Cl)cc(Cl)cc2Cl)c2ccccc2NC1=O. The molecule has 0 bridgehead atoms. The number of para-hydroxylation sites is 1. The summed E-state index contributed by atoms with van der Waals surface area (Å²) in [5.41, 5.74) is 2.00. The Kier molecular flexibility index (Phi) is 8.69. The molecular formula is C27H22Cl3N3O5. The maximum atomic E-state index is 13.4. The number of rotatable bonds is 8. The molecule has 11 heteroatoms. The molecule has 2 amide bonds. The van der Waals surface area contributed by atoms with Crippen molar-refractivity contribution in [1.29, 1.82) is 0 Å². The fraction of sp³-hybridized carbons (Fsp3) is 0.185. The van der Waals surface area contributed by atoms with E-state index >= 15 is 0 Å². The topological polar surface area (TPSA) is 106 Å². The summed E-state index contributed by atoms with van der Waals surface area (Å²) in [6.45, 7) is 1.84. The maximum Gasteiger partial charge on any atom is 0.269 e. The van der Waals surface area contributed by atoms with Gasteiger partial charge in [0.15, 0.2) is 5.78 Å². The number of hydrogen-bond donors (Lipinski definition) is 2. The molecule has 1 heterocycles. The van der Waals surface area contributed by atoms with Gasteiger partial charge in [0.05, 0.1) is 33.6 Å². The van der Waals surface area contributed by atoms with Crippen molar-refractivity contribution in [2.45, 2.75) is 13.1 Å². The van der Waals surface area contributed by atoms with Gasteiger partial charge in [-0.2, -0.15) is 0 Å². The molecule has 2 N–H and O–H groups in total. The Morgan fingerprint density at radius 3 is 2.42 bits per heavy atom. The third-order valence-electron chi connectivity index (χ3n) is 5.63. The summed E-state index contributed by atoms with van der Waals surface area (Å²) < 4.78 is 10.7. The molecule has 0 saturated carbocycles. The van der Waals surface area contributed by atoms with E-state index in [1.54, 1.807) is 30.3 Å². The standard InChI is InChI=1S/C27H22Cl3N3O5/c1-14(34)15-7-8-22(38-10-9-37-2)18(11-15)26(35)33-25-27(36)31-21-6-4-3-5-17(21)24(32-25)23-19(29)12-16(28)13-20(23)30/h3-8,11-13,25H,9-10H2,1-2H3,(H,31,36)(H,33,35). The van der Waals surface area contributed by atoms with Crippen LogP contribution in [0.15, 0.2) is 59.6 Å². The third-order valence-corrected chi connectivity index (χ3v) is 6.45. The molecule has 0 saturated heterocycles. The Balaban J connectivity index is 1.77. The maximum absolute atomic E-state index is 13.4. The molecule has 0 spiro atoms. The number of hydrogen-bond acceptors (Lipinski definition) is 6. The highest BCUT2D eigenvalue weighted by Crippen LogP contribution is 2.34. The van der Waals surface area contributed by atoms with E-state index in [0.717, 1.165) is 0 Å². The van der Waals surface area contributed by atoms with E-state index in [9.17, 15) is 14.4 Å². The number of carbonyl (C=O) groups excluding carboxylic acids is 3. The third kappa shape index (κ3) is 6.00. The number of ether oxygens (including phenoxy) is 2. The molecule has 0 aromatic heterocycles. The van der Waals surface area contributed by atoms with E-state index in [0.29, 0.717) is 27.4 Å². The van der Waals surface area contributed by atoms with Crippen molar-refractivity contribution in [1.82, 2.24) is 5.32 Å². The number of carbonyl (C=O) groups is 3. The number of methoxy groups -OCH3 is 1. The average Bonchev–Trinajstić information content (AvgIpc) is 3.00. The van der Waals surface area contributed by atoms with Crippen LogP contribution in [0.2, 0.25) is 15.1 Å². The number of nitrogens with one attached hydrogen (secondary N) is 2. The van der Waals surface area contributed by atoms with Gasteiger partial charge in [-0.3, -0.25) is 14.4 Å². The summed E-state index contributed by atoms with van der Waals surface area (Å²) in [5.74, 6) is -1.29. The second kappa shape index (κ2) is 12.0. The van der Waals surface area contributed by atoms with E-state index in [1.807, 2.05) is 0 Å². The van der Waals surface area contributed by atoms with Gasteiger partial charge >= 0.3 is 0 Å². The zero-order valence-electron chi connectivity index (χ0n) is 20.3. The van der Waals surface area contributed by atoms with Gasteiger partial charge in [0, 0.05) is 28.8 Å². The molecule has 1 aliphatic rings. The Bertz CT molecular complexity index is 1430. The van der Waals surface area contributed by atoms with E-state index in [2.05, 4.69) is 15.6 Å². The molecule has 4 rings (SSSR count). The summed E-state index contributed by atoms with van der Waals surface area (Å²) in [6, 6.07) is 14.5. The van der Waals surface area contributed by atoms with E-state index in [4.69, 9.17) is 44.3 Å². The number of nitrogens with zero attached hydrogens (tertiary/aromatic N) is 1.